The number of nitrogens with one attached hydrogen (secondary N) is 2. The van der Waals surface area contributed by atoms with Crippen molar-refractivity contribution in [2.24, 2.45) is 5.92 Å². The molecule has 0 bridgehead atoms. The Bertz CT molecular complexity index is 608. The number of aromatic amines is 1. The minimum absolute atomic E-state index is 0.189. The molecule has 1 fully saturated rings. The van der Waals surface area contributed by atoms with Gasteiger partial charge in [0.2, 0.25) is 0 Å². The highest BCUT2D eigenvalue weighted by molar-refractivity contribution is 5.79. The lowest BCUT2D eigenvalue weighted by Gasteiger charge is -2.27. The molecule has 2 heterocycles. The smallest absolute Gasteiger partial charge is 0.306 e. The van der Waals surface area contributed by atoms with Crippen LogP contribution in [0.25, 0.3) is 11.0 Å². The molecule has 3 rings (SSSR count). The maximum Gasteiger partial charge on any atom is 0.306 e. The summed E-state index contributed by atoms with van der Waals surface area (Å²) < 4.78 is 0. The van der Waals surface area contributed by atoms with E-state index in [1.54, 1.807) is 6.20 Å². The van der Waals surface area contributed by atoms with Gasteiger partial charge in [0.15, 0.2) is 0 Å². The monoisotopic (exact) mass is 273 g/mol. The van der Waals surface area contributed by atoms with Crippen LogP contribution in [0.4, 0.5) is 0 Å². The van der Waals surface area contributed by atoms with Crippen molar-refractivity contribution in [2.75, 3.05) is 0 Å². The van der Waals surface area contributed by atoms with Crippen molar-refractivity contribution in [1.29, 1.82) is 0 Å². The zero-order valence-electron chi connectivity index (χ0n) is 11.3. The Labute approximate surface area is 117 Å². The van der Waals surface area contributed by atoms with E-state index in [-0.39, 0.29) is 5.92 Å². The molecule has 106 valence electrons. The van der Waals surface area contributed by atoms with Gasteiger partial charge in [-0.15, -0.1) is 0 Å². The van der Waals surface area contributed by atoms with Crippen LogP contribution < -0.4 is 5.32 Å². The summed E-state index contributed by atoms with van der Waals surface area (Å²) in [6.45, 7) is 0.753. The Morgan fingerprint density at radius 2 is 2.40 bits per heavy atom. The molecule has 0 radical (unpaired) electrons. The minimum Gasteiger partial charge on any atom is -0.481 e. The molecule has 1 saturated carbocycles. The maximum absolute atomic E-state index is 11.1. The summed E-state index contributed by atoms with van der Waals surface area (Å²) in [5.41, 5.74) is 2.09. The van der Waals surface area contributed by atoms with Crippen molar-refractivity contribution in [3.8, 4) is 0 Å². The summed E-state index contributed by atoms with van der Waals surface area (Å²) in [7, 11) is 0. The third kappa shape index (κ3) is 2.67. The lowest BCUT2D eigenvalue weighted by molar-refractivity contribution is -0.143. The lowest BCUT2D eigenvalue weighted by Crippen LogP contribution is -2.36. The normalized spacial score (nSPS) is 23.0. The summed E-state index contributed by atoms with van der Waals surface area (Å²) in [5.74, 6) is -0.848. The van der Waals surface area contributed by atoms with Gasteiger partial charge >= 0.3 is 5.97 Å². The Kier molecular flexibility index (Phi) is 3.69. The van der Waals surface area contributed by atoms with Crippen LogP contribution in [0.1, 0.15) is 31.2 Å². The molecular formula is C15H19N3O2. The number of pyridine rings is 1. The van der Waals surface area contributed by atoms with Gasteiger partial charge in [0.1, 0.15) is 5.65 Å². The third-order valence-corrected chi connectivity index (χ3v) is 4.14. The van der Waals surface area contributed by atoms with Crippen LogP contribution in [-0.2, 0) is 11.3 Å². The van der Waals surface area contributed by atoms with Gasteiger partial charge < -0.3 is 15.4 Å². The van der Waals surface area contributed by atoms with Crippen molar-refractivity contribution < 1.29 is 9.90 Å². The standard InChI is InChI=1S/C15H19N3O2/c19-15(20)10-3-1-4-12(7-10)17-8-11-9-18-14-13(11)5-2-6-16-14/h2,5-6,9-10,12,17H,1,3-4,7-8H2,(H,16,18)(H,19,20). The van der Waals surface area contributed by atoms with E-state index in [0.29, 0.717) is 6.04 Å². The highest BCUT2D eigenvalue weighted by atomic mass is 16.4. The summed E-state index contributed by atoms with van der Waals surface area (Å²) >= 11 is 0. The van der Waals surface area contributed by atoms with Crippen LogP contribution in [0, 0.1) is 5.92 Å². The first kappa shape index (κ1) is 13.1. The van der Waals surface area contributed by atoms with Crippen molar-refractivity contribution in [3.63, 3.8) is 0 Å². The molecule has 0 saturated heterocycles. The molecule has 2 aromatic rings. The van der Waals surface area contributed by atoms with Gasteiger partial charge in [0.05, 0.1) is 5.92 Å². The summed E-state index contributed by atoms with van der Waals surface area (Å²) in [6.07, 6.45) is 7.34. The largest absolute Gasteiger partial charge is 0.481 e. The van der Waals surface area contributed by atoms with E-state index >= 15 is 0 Å². The molecule has 5 heteroatoms. The molecular weight excluding hydrogens is 254 g/mol. The van der Waals surface area contributed by atoms with Gasteiger partial charge in [-0.1, -0.05) is 6.42 Å². The Balaban J connectivity index is 1.63. The highest BCUT2D eigenvalue weighted by Crippen LogP contribution is 2.25. The van der Waals surface area contributed by atoms with Crippen LogP contribution in [0.5, 0.6) is 0 Å². The number of rotatable bonds is 4. The number of carboxylic acid groups (broad SMARTS) is 1. The summed E-state index contributed by atoms with van der Waals surface area (Å²) in [6, 6.07) is 4.28. The molecule has 0 amide bonds. The van der Waals surface area contributed by atoms with Gasteiger partial charge in [-0.25, -0.2) is 4.98 Å². The van der Waals surface area contributed by atoms with Gasteiger partial charge in [-0.3, -0.25) is 4.79 Å². The van der Waals surface area contributed by atoms with Gasteiger partial charge in [-0.05, 0) is 37.0 Å². The quantitative estimate of drug-likeness (QED) is 0.798. The number of nitrogens with zero attached hydrogens (tertiary/aromatic N) is 1. The highest BCUT2D eigenvalue weighted by Gasteiger charge is 2.26. The second-order valence-corrected chi connectivity index (χ2v) is 5.49. The SMILES string of the molecule is O=C(O)C1CCCC(NCc2c[nH]c3ncccc23)C1. The number of H-pyrrole nitrogens is 1. The van der Waals surface area contributed by atoms with E-state index in [1.165, 1.54) is 5.56 Å². The average molecular weight is 273 g/mol. The maximum atomic E-state index is 11.1. The number of aliphatic carboxylic acids is 1. The molecule has 2 unspecified atom stereocenters. The van der Waals surface area contributed by atoms with E-state index in [2.05, 4.69) is 21.4 Å². The fourth-order valence-electron chi connectivity index (χ4n) is 3.01. The number of hydrogen-bond donors (Lipinski definition) is 3. The molecule has 1 aliphatic carbocycles. The molecule has 20 heavy (non-hydrogen) atoms. The second kappa shape index (κ2) is 5.63. The van der Waals surface area contributed by atoms with E-state index in [9.17, 15) is 4.79 Å². The van der Waals surface area contributed by atoms with Crippen LogP contribution in [0.15, 0.2) is 24.5 Å². The van der Waals surface area contributed by atoms with E-state index < -0.39 is 5.97 Å². The predicted octanol–water partition coefficient (Wildman–Crippen LogP) is 2.30. The Morgan fingerprint density at radius 1 is 1.50 bits per heavy atom. The molecule has 3 N–H and O–H groups in total. The van der Waals surface area contributed by atoms with Crippen molar-refractivity contribution >= 4 is 17.0 Å². The topological polar surface area (TPSA) is 78.0 Å². The van der Waals surface area contributed by atoms with E-state index in [1.807, 2.05) is 12.3 Å². The van der Waals surface area contributed by atoms with Crippen LogP contribution >= 0.6 is 0 Å². The number of aromatic nitrogens is 2. The lowest BCUT2D eigenvalue weighted by atomic mass is 9.86. The fourth-order valence-corrected chi connectivity index (χ4v) is 3.01. The second-order valence-electron chi connectivity index (χ2n) is 5.49. The zero-order valence-corrected chi connectivity index (χ0v) is 11.3. The van der Waals surface area contributed by atoms with Crippen molar-refractivity contribution in [1.82, 2.24) is 15.3 Å². The molecule has 5 nitrogen and oxygen atoms in total. The molecule has 2 aromatic heterocycles. The zero-order chi connectivity index (χ0) is 13.9. The van der Waals surface area contributed by atoms with Gasteiger partial charge in [0, 0.05) is 30.4 Å². The van der Waals surface area contributed by atoms with E-state index in [4.69, 9.17) is 5.11 Å². The third-order valence-electron chi connectivity index (χ3n) is 4.14. The van der Waals surface area contributed by atoms with Crippen molar-refractivity contribution in [2.45, 2.75) is 38.3 Å². The fraction of sp³-hybridized carbons (Fsp3) is 0.467. The average Bonchev–Trinajstić information content (AvgIpc) is 2.89. The predicted molar refractivity (Wildman–Crippen MR) is 76.3 cm³/mol. The van der Waals surface area contributed by atoms with Gasteiger partial charge in [0.25, 0.3) is 0 Å². The van der Waals surface area contributed by atoms with Gasteiger partial charge in [-0.2, -0.15) is 0 Å². The first-order valence-electron chi connectivity index (χ1n) is 7.11. The molecule has 0 spiro atoms. The summed E-state index contributed by atoms with van der Waals surface area (Å²) in [5, 5.41) is 13.7. The van der Waals surface area contributed by atoms with E-state index in [0.717, 1.165) is 43.3 Å². The van der Waals surface area contributed by atoms with Crippen molar-refractivity contribution in [3.05, 3.63) is 30.1 Å². The van der Waals surface area contributed by atoms with Crippen LogP contribution in [0.3, 0.4) is 0 Å². The number of hydrogen-bond acceptors (Lipinski definition) is 3. The summed E-state index contributed by atoms with van der Waals surface area (Å²) in [4.78, 5) is 18.5. The van der Waals surface area contributed by atoms with Crippen LogP contribution in [0.2, 0.25) is 0 Å². The molecule has 1 aliphatic rings. The number of fused-ring (bicyclic) bond motifs is 1. The Morgan fingerprint density at radius 3 is 3.25 bits per heavy atom. The molecule has 0 aliphatic heterocycles. The van der Waals surface area contributed by atoms with Crippen LogP contribution in [-0.4, -0.2) is 27.1 Å². The number of carboxylic acids is 1. The Hall–Kier alpha value is -1.88. The first-order chi connectivity index (χ1) is 9.74. The number of carbonyl (C=O) groups is 1. The molecule has 2 atom stereocenters. The first-order valence-corrected chi connectivity index (χ1v) is 7.11. The molecule has 0 aromatic carbocycles. The minimum atomic E-state index is -0.659.